The molecule has 0 radical (unpaired) electrons. The minimum atomic E-state index is -0.560. The van der Waals surface area contributed by atoms with Crippen molar-refractivity contribution >= 4 is 17.7 Å². The smallest absolute Gasteiger partial charge is 0.256 e. The van der Waals surface area contributed by atoms with Gasteiger partial charge >= 0.3 is 0 Å². The van der Waals surface area contributed by atoms with Gasteiger partial charge in [0.05, 0.1) is 5.56 Å². The number of carbonyl (C=O) groups is 3. The van der Waals surface area contributed by atoms with Crippen LogP contribution in [-0.4, -0.2) is 59.7 Å². The Bertz CT molecular complexity index is 784. The summed E-state index contributed by atoms with van der Waals surface area (Å²) in [5.74, 6) is -0.764. The molecule has 2 aliphatic heterocycles. The van der Waals surface area contributed by atoms with Gasteiger partial charge in [-0.05, 0) is 56.1 Å². The molecule has 3 rings (SSSR count). The third kappa shape index (κ3) is 6.05. The Balaban J connectivity index is 1.67. The van der Waals surface area contributed by atoms with Crippen LogP contribution in [0.4, 0.5) is 4.39 Å². The summed E-state index contributed by atoms with van der Waals surface area (Å²) in [5.41, 5.74) is 0.0760. The second-order valence-electron chi connectivity index (χ2n) is 9.14. The van der Waals surface area contributed by atoms with Gasteiger partial charge in [-0.15, -0.1) is 0 Å². The zero-order chi connectivity index (χ0) is 22.4. The molecule has 1 N–H and O–H groups in total. The maximum atomic E-state index is 14.0. The van der Waals surface area contributed by atoms with Gasteiger partial charge in [0.25, 0.3) is 5.91 Å². The lowest BCUT2D eigenvalue weighted by atomic mass is 9.87. The molecule has 2 aliphatic rings. The van der Waals surface area contributed by atoms with E-state index in [2.05, 4.69) is 5.32 Å². The van der Waals surface area contributed by atoms with E-state index in [4.69, 9.17) is 0 Å². The quantitative estimate of drug-likeness (QED) is 0.752. The molecule has 170 valence electrons. The van der Waals surface area contributed by atoms with Crippen molar-refractivity contribution in [2.24, 2.45) is 11.8 Å². The highest BCUT2D eigenvalue weighted by molar-refractivity contribution is 5.94. The van der Waals surface area contributed by atoms with E-state index >= 15 is 0 Å². The van der Waals surface area contributed by atoms with E-state index < -0.39 is 11.9 Å². The number of rotatable bonds is 6. The molecule has 2 fully saturated rings. The Morgan fingerprint density at radius 2 is 1.65 bits per heavy atom. The highest BCUT2D eigenvalue weighted by atomic mass is 19.1. The van der Waals surface area contributed by atoms with Crippen molar-refractivity contribution in [2.45, 2.75) is 58.4 Å². The Morgan fingerprint density at radius 3 is 2.26 bits per heavy atom. The molecule has 3 amide bonds. The number of amides is 3. The van der Waals surface area contributed by atoms with Crippen LogP contribution in [0.15, 0.2) is 24.3 Å². The number of piperidine rings is 2. The molecule has 1 aromatic carbocycles. The topological polar surface area (TPSA) is 69.7 Å². The number of halogens is 1. The number of nitrogens with one attached hydrogen (secondary N) is 1. The van der Waals surface area contributed by atoms with Gasteiger partial charge in [-0.3, -0.25) is 14.4 Å². The molecule has 0 unspecified atom stereocenters. The molecule has 0 aromatic heterocycles. The first kappa shape index (κ1) is 23.2. The van der Waals surface area contributed by atoms with Crippen LogP contribution in [0.1, 0.15) is 62.7 Å². The molecular formula is C24H34FN3O3. The third-order valence-electron chi connectivity index (χ3n) is 6.25. The van der Waals surface area contributed by atoms with Gasteiger partial charge in [0.1, 0.15) is 11.9 Å². The molecule has 0 bridgehead atoms. The van der Waals surface area contributed by atoms with Gasteiger partial charge < -0.3 is 15.1 Å². The van der Waals surface area contributed by atoms with Crippen LogP contribution in [0.5, 0.6) is 0 Å². The normalized spacial score (nSPS) is 18.7. The van der Waals surface area contributed by atoms with Crippen molar-refractivity contribution in [1.29, 1.82) is 0 Å². The zero-order valence-corrected chi connectivity index (χ0v) is 18.6. The van der Waals surface area contributed by atoms with E-state index in [0.29, 0.717) is 32.4 Å². The van der Waals surface area contributed by atoms with E-state index in [1.54, 1.807) is 17.0 Å². The first-order valence-electron chi connectivity index (χ1n) is 11.5. The second kappa shape index (κ2) is 10.7. The number of carbonyl (C=O) groups excluding carboxylic acids is 3. The molecular weight excluding hydrogens is 397 g/mol. The summed E-state index contributed by atoms with van der Waals surface area (Å²) in [4.78, 5) is 42.0. The van der Waals surface area contributed by atoms with E-state index in [1.165, 1.54) is 12.1 Å². The van der Waals surface area contributed by atoms with Crippen molar-refractivity contribution in [1.82, 2.24) is 15.1 Å². The van der Waals surface area contributed by atoms with E-state index in [9.17, 15) is 18.8 Å². The molecule has 2 saturated heterocycles. The van der Waals surface area contributed by atoms with Gasteiger partial charge in [0.2, 0.25) is 11.8 Å². The van der Waals surface area contributed by atoms with Gasteiger partial charge in [-0.1, -0.05) is 26.0 Å². The van der Waals surface area contributed by atoms with Crippen LogP contribution in [0.3, 0.4) is 0 Å². The maximum Gasteiger partial charge on any atom is 0.256 e. The van der Waals surface area contributed by atoms with Gasteiger partial charge in [-0.25, -0.2) is 4.39 Å². The molecule has 31 heavy (non-hydrogen) atoms. The molecule has 0 saturated carbocycles. The van der Waals surface area contributed by atoms with Crippen molar-refractivity contribution < 1.29 is 18.8 Å². The predicted molar refractivity (Wildman–Crippen MR) is 117 cm³/mol. The number of hydrogen-bond acceptors (Lipinski definition) is 3. The monoisotopic (exact) mass is 431 g/mol. The summed E-state index contributed by atoms with van der Waals surface area (Å²) in [7, 11) is 0. The third-order valence-corrected chi connectivity index (χ3v) is 6.25. The van der Waals surface area contributed by atoms with Gasteiger partial charge in [0.15, 0.2) is 0 Å². The lowest BCUT2D eigenvalue weighted by Gasteiger charge is -2.38. The van der Waals surface area contributed by atoms with E-state index in [1.807, 2.05) is 18.7 Å². The summed E-state index contributed by atoms with van der Waals surface area (Å²) in [6.07, 6.45) is 4.71. The highest BCUT2D eigenvalue weighted by Gasteiger charge is 2.36. The average Bonchev–Trinajstić information content (AvgIpc) is 2.77. The molecule has 7 heteroatoms. The van der Waals surface area contributed by atoms with E-state index in [0.717, 1.165) is 32.4 Å². The maximum absolute atomic E-state index is 14.0. The lowest BCUT2D eigenvalue weighted by molar-refractivity contribution is -0.139. The number of hydrogen-bond donors (Lipinski definition) is 1. The number of nitrogens with zero attached hydrogens (tertiary/aromatic N) is 2. The number of benzene rings is 1. The van der Waals surface area contributed by atoms with Crippen LogP contribution < -0.4 is 5.32 Å². The Kier molecular flexibility index (Phi) is 8.04. The molecule has 0 spiro atoms. The fraction of sp³-hybridized carbons (Fsp3) is 0.625. The minimum Gasteiger partial charge on any atom is -0.344 e. The fourth-order valence-electron chi connectivity index (χ4n) is 4.54. The van der Waals surface area contributed by atoms with Crippen LogP contribution >= 0.6 is 0 Å². The molecule has 6 nitrogen and oxygen atoms in total. The fourth-order valence-corrected chi connectivity index (χ4v) is 4.54. The molecule has 1 atom stereocenters. The Morgan fingerprint density at radius 1 is 1.00 bits per heavy atom. The minimum absolute atomic E-state index is 0.00399. The van der Waals surface area contributed by atoms with Crippen LogP contribution in [0, 0.1) is 17.7 Å². The first-order valence-corrected chi connectivity index (χ1v) is 11.5. The van der Waals surface area contributed by atoms with Crippen LogP contribution in [-0.2, 0) is 9.59 Å². The zero-order valence-electron chi connectivity index (χ0n) is 18.6. The Hall–Kier alpha value is -2.44. The predicted octanol–water partition coefficient (Wildman–Crippen LogP) is 3.22. The highest BCUT2D eigenvalue weighted by Crippen LogP contribution is 2.25. The molecule has 1 aromatic rings. The summed E-state index contributed by atoms with van der Waals surface area (Å²) < 4.78 is 14.0. The van der Waals surface area contributed by atoms with E-state index in [-0.39, 0.29) is 35.1 Å². The van der Waals surface area contributed by atoms with Crippen LogP contribution in [0.2, 0.25) is 0 Å². The molecule has 0 aliphatic carbocycles. The largest absolute Gasteiger partial charge is 0.344 e. The Labute approximate surface area is 184 Å². The van der Waals surface area contributed by atoms with Crippen molar-refractivity contribution in [3.05, 3.63) is 35.6 Å². The van der Waals surface area contributed by atoms with Crippen molar-refractivity contribution in [3.63, 3.8) is 0 Å². The van der Waals surface area contributed by atoms with Crippen molar-refractivity contribution in [3.8, 4) is 0 Å². The van der Waals surface area contributed by atoms with Crippen molar-refractivity contribution in [2.75, 3.05) is 26.2 Å². The number of likely N-dealkylation sites (tertiary alicyclic amines) is 2. The molecule has 2 heterocycles. The van der Waals surface area contributed by atoms with Crippen LogP contribution in [0.25, 0.3) is 0 Å². The second-order valence-corrected chi connectivity index (χ2v) is 9.14. The lowest BCUT2D eigenvalue weighted by Crippen LogP contribution is -2.55. The standard InChI is InChI=1S/C24H34FN3O3/c1-17(2)16-21(29)26-22(24(31)27-12-6-3-7-13-27)18-10-14-28(15-11-18)23(30)19-8-4-5-9-20(19)25/h4-5,8-9,17-18,22H,3,6-7,10-16H2,1-2H3,(H,26,29)/t22-/m0/s1. The van der Waals surface area contributed by atoms with Gasteiger partial charge in [0, 0.05) is 32.6 Å². The summed E-state index contributed by atoms with van der Waals surface area (Å²) in [6.45, 7) is 6.32. The summed E-state index contributed by atoms with van der Waals surface area (Å²) in [6, 6.07) is 5.45. The van der Waals surface area contributed by atoms with Gasteiger partial charge in [-0.2, -0.15) is 0 Å². The average molecular weight is 432 g/mol. The first-order chi connectivity index (χ1) is 14.9. The summed E-state index contributed by atoms with van der Waals surface area (Å²) in [5, 5.41) is 3.01. The SMILES string of the molecule is CC(C)CC(=O)N[C@H](C(=O)N1CCCCC1)C1CCN(C(=O)c2ccccc2F)CC1. The summed E-state index contributed by atoms with van der Waals surface area (Å²) >= 11 is 0.